The second-order valence-corrected chi connectivity index (χ2v) is 4.58. The highest BCUT2D eigenvalue weighted by Crippen LogP contribution is 2.48. The Morgan fingerprint density at radius 1 is 0.917 bits per heavy atom. The molecule has 2 fully saturated rings. The van der Waals surface area contributed by atoms with Crippen LogP contribution in [0.25, 0.3) is 0 Å². The minimum Gasteiger partial charge on any atom is -0.390 e. The Balaban J connectivity index is 2.01. The van der Waals surface area contributed by atoms with E-state index in [0.29, 0.717) is 5.41 Å². The lowest BCUT2D eigenvalue weighted by Gasteiger charge is -2.38. The summed E-state index contributed by atoms with van der Waals surface area (Å²) < 4.78 is 0. The standard InChI is InChI=1S/C10H18O2/c11-8-3-6-10(7-9(8)12)4-1-2-5-10/h8-9,11-12H,1-7H2/t8-,9-/m0/s1. The second-order valence-electron chi connectivity index (χ2n) is 4.58. The highest BCUT2D eigenvalue weighted by Gasteiger charge is 2.41. The molecule has 12 heavy (non-hydrogen) atoms. The smallest absolute Gasteiger partial charge is 0.0804 e. The SMILES string of the molecule is O[C@H]1CCC2(CCCC2)C[C@@H]1O. The molecule has 0 aromatic rings. The molecule has 2 aliphatic rings. The lowest BCUT2D eigenvalue weighted by molar-refractivity contribution is -0.0524. The third-order valence-electron chi connectivity index (χ3n) is 3.72. The Morgan fingerprint density at radius 3 is 2.17 bits per heavy atom. The summed E-state index contributed by atoms with van der Waals surface area (Å²) in [4.78, 5) is 0. The summed E-state index contributed by atoms with van der Waals surface area (Å²) in [6, 6.07) is 0. The molecule has 2 saturated carbocycles. The lowest BCUT2D eigenvalue weighted by atomic mass is 9.71. The molecule has 0 aliphatic heterocycles. The predicted octanol–water partition coefficient (Wildman–Crippen LogP) is 1.45. The summed E-state index contributed by atoms with van der Waals surface area (Å²) in [5.74, 6) is 0. The summed E-state index contributed by atoms with van der Waals surface area (Å²) in [5.41, 5.74) is 0.415. The number of rotatable bonds is 0. The zero-order valence-corrected chi connectivity index (χ0v) is 7.50. The van der Waals surface area contributed by atoms with Crippen molar-refractivity contribution in [3.8, 4) is 0 Å². The Hall–Kier alpha value is -0.0800. The van der Waals surface area contributed by atoms with Gasteiger partial charge < -0.3 is 10.2 Å². The highest BCUT2D eigenvalue weighted by atomic mass is 16.3. The molecule has 70 valence electrons. The van der Waals surface area contributed by atoms with E-state index in [1.165, 1.54) is 25.7 Å². The average Bonchev–Trinajstić information content (AvgIpc) is 2.47. The van der Waals surface area contributed by atoms with Gasteiger partial charge in [-0.05, 0) is 37.5 Å². The maximum Gasteiger partial charge on any atom is 0.0804 e. The van der Waals surface area contributed by atoms with E-state index in [9.17, 15) is 10.2 Å². The largest absolute Gasteiger partial charge is 0.390 e. The minimum atomic E-state index is -0.448. The fourth-order valence-corrected chi connectivity index (χ4v) is 2.91. The van der Waals surface area contributed by atoms with Crippen LogP contribution in [0.2, 0.25) is 0 Å². The van der Waals surface area contributed by atoms with Crippen LogP contribution in [0.1, 0.15) is 44.9 Å². The molecular weight excluding hydrogens is 152 g/mol. The van der Waals surface area contributed by atoms with E-state index >= 15 is 0 Å². The van der Waals surface area contributed by atoms with E-state index in [1.807, 2.05) is 0 Å². The Labute approximate surface area is 73.6 Å². The van der Waals surface area contributed by atoms with Gasteiger partial charge in [0.25, 0.3) is 0 Å². The summed E-state index contributed by atoms with van der Waals surface area (Å²) in [6.45, 7) is 0. The maximum atomic E-state index is 9.55. The topological polar surface area (TPSA) is 40.5 Å². The molecule has 1 spiro atoms. The fourth-order valence-electron chi connectivity index (χ4n) is 2.91. The molecule has 0 saturated heterocycles. The first-order valence-corrected chi connectivity index (χ1v) is 5.08. The van der Waals surface area contributed by atoms with Gasteiger partial charge in [0.05, 0.1) is 12.2 Å². The second kappa shape index (κ2) is 3.00. The van der Waals surface area contributed by atoms with Gasteiger partial charge in [0.1, 0.15) is 0 Å². The van der Waals surface area contributed by atoms with Crippen LogP contribution in [0.15, 0.2) is 0 Å². The third kappa shape index (κ3) is 1.38. The van der Waals surface area contributed by atoms with Crippen LogP contribution >= 0.6 is 0 Å². The predicted molar refractivity (Wildman–Crippen MR) is 46.8 cm³/mol. The fraction of sp³-hybridized carbons (Fsp3) is 1.00. The first-order valence-electron chi connectivity index (χ1n) is 5.08. The molecule has 2 heteroatoms. The van der Waals surface area contributed by atoms with Gasteiger partial charge in [-0.2, -0.15) is 0 Å². The van der Waals surface area contributed by atoms with Crippen LogP contribution in [0, 0.1) is 5.41 Å². The molecule has 0 heterocycles. The van der Waals surface area contributed by atoms with Crippen molar-refractivity contribution in [1.29, 1.82) is 0 Å². The van der Waals surface area contributed by atoms with Gasteiger partial charge in [-0.3, -0.25) is 0 Å². The van der Waals surface area contributed by atoms with E-state index in [-0.39, 0.29) is 0 Å². The van der Waals surface area contributed by atoms with Gasteiger partial charge >= 0.3 is 0 Å². The van der Waals surface area contributed by atoms with Crippen molar-refractivity contribution >= 4 is 0 Å². The van der Waals surface area contributed by atoms with Crippen molar-refractivity contribution in [3.63, 3.8) is 0 Å². The van der Waals surface area contributed by atoms with E-state index in [0.717, 1.165) is 19.3 Å². The van der Waals surface area contributed by atoms with Crippen LogP contribution in [0.4, 0.5) is 0 Å². The molecule has 0 aromatic heterocycles. The van der Waals surface area contributed by atoms with Gasteiger partial charge in [-0.25, -0.2) is 0 Å². The lowest BCUT2D eigenvalue weighted by Crippen LogP contribution is -2.38. The number of hydrogen-bond acceptors (Lipinski definition) is 2. The van der Waals surface area contributed by atoms with E-state index in [1.54, 1.807) is 0 Å². The first kappa shape index (κ1) is 8.52. The summed E-state index contributed by atoms with van der Waals surface area (Å²) in [6.07, 6.45) is 7.08. The van der Waals surface area contributed by atoms with E-state index in [4.69, 9.17) is 0 Å². The highest BCUT2D eigenvalue weighted by molar-refractivity contribution is 4.93. The van der Waals surface area contributed by atoms with E-state index in [2.05, 4.69) is 0 Å². The van der Waals surface area contributed by atoms with Crippen LogP contribution in [0.3, 0.4) is 0 Å². The quantitative estimate of drug-likeness (QED) is 0.577. The molecule has 2 nitrogen and oxygen atoms in total. The zero-order valence-electron chi connectivity index (χ0n) is 7.50. The van der Waals surface area contributed by atoms with Crippen LogP contribution in [-0.4, -0.2) is 22.4 Å². The van der Waals surface area contributed by atoms with Crippen molar-refractivity contribution < 1.29 is 10.2 Å². The van der Waals surface area contributed by atoms with Gasteiger partial charge in [0.15, 0.2) is 0 Å². The summed E-state index contributed by atoms with van der Waals surface area (Å²) >= 11 is 0. The maximum absolute atomic E-state index is 9.55. The Kier molecular flexibility index (Phi) is 2.13. The van der Waals surface area contributed by atoms with Crippen molar-refractivity contribution in [2.24, 2.45) is 5.41 Å². The average molecular weight is 170 g/mol. The third-order valence-corrected chi connectivity index (χ3v) is 3.72. The Morgan fingerprint density at radius 2 is 1.58 bits per heavy atom. The van der Waals surface area contributed by atoms with Crippen molar-refractivity contribution in [2.75, 3.05) is 0 Å². The van der Waals surface area contributed by atoms with E-state index < -0.39 is 12.2 Å². The molecule has 0 amide bonds. The van der Waals surface area contributed by atoms with Crippen LogP contribution in [-0.2, 0) is 0 Å². The summed E-state index contributed by atoms with van der Waals surface area (Å²) in [7, 11) is 0. The number of aliphatic hydroxyl groups is 2. The molecule has 2 atom stereocenters. The molecular formula is C10H18O2. The van der Waals surface area contributed by atoms with Gasteiger partial charge in [-0.15, -0.1) is 0 Å². The van der Waals surface area contributed by atoms with Crippen LogP contribution in [0.5, 0.6) is 0 Å². The molecule has 0 radical (unpaired) electrons. The zero-order chi connectivity index (χ0) is 8.60. The Bertz CT molecular complexity index is 161. The van der Waals surface area contributed by atoms with Gasteiger partial charge in [0, 0.05) is 0 Å². The van der Waals surface area contributed by atoms with Gasteiger partial charge in [0.2, 0.25) is 0 Å². The molecule has 2 aliphatic carbocycles. The van der Waals surface area contributed by atoms with Crippen molar-refractivity contribution in [2.45, 2.75) is 57.2 Å². The normalized spacial score (nSPS) is 40.5. The molecule has 2 rings (SSSR count). The number of aliphatic hydroxyl groups excluding tert-OH is 2. The van der Waals surface area contributed by atoms with Crippen LogP contribution < -0.4 is 0 Å². The first-order chi connectivity index (χ1) is 5.72. The summed E-state index contributed by atoms with van der Waals surface area (Å²) in [5, 5.41) is 18.9. The minimum absolute atomic E-state index is 0.415. The molecule has 2 N–H and O–H groups in total. The van der Waals surface area contributed by atoms with Gasteiger partial charge in [-0.1, -0.05) is 12.8 Å². The molecule has 0 bridgehead atoms. The molecule has 0 unspecified atom stereocenters. The monoisotopic (exact) mass is 170 g/mol. The van der Waals surface area contributed by atoms with Crippen molar-refractivity contribution in [3.05, 3.63) is 0 Å². The number of hydrogen-bond donors (Lipinski definition) is 2. The molecule has 0 aromatic carbocycles. The van der Waals surface area contributed by atoms with Crippen molar-refractivity contribution in [1.82, 2.24) is 0 Å².